The quantitative estimate of drug-likeness (QED) is 0.351. The highest BCUT2D eigenvalue weighted by Gasteiger charge is 2.05. The number of aliphatic hydroxyl groups is 1. The van der Waals surface area contributed by atoms with E-state index in [-0.39, 0.29) is 0 Å². The van der Waals surface area contributed by atoms with Crippen LogP contribution >= 0.6 is 0 Å². The lowest BCUT2D eigenvalue weighted by molar-refractivity contribution is 0.516. The van der Waals surface area contributed by atoms with Crippen molar-refractivity contribution in [2.75, 3.05) is 0 Å². The summed E-state index contributed by atoms with van der Waals surface area (Å²) in [6.07, 6.45) is 3.64. The van der Waals surface area contributed by atoms with Gasteiger partial charge in [0.1, 0.15) is 6.11 Å². The van der Waals surface area contributed by atoms with Gasteiger partial charge in [0.25, 0.3) is 0 Å². The van der Waals surface area contributed by atoms with E-state index in [0.29, 0.717) is 0 Å². The Morgan fingerprint density at radius 1 is 0.727 bits per heavy atom. The minimum absolute atomic E-state index is 0.802. The molecule has 4 rings (SSSR count). The fourth-order valence-corrected chi connectivity index (χ4v) is 2.85. The summed E-state index contributed by atoms with van der Waals surface area (Å²) in [7, 11) is 0. The molecule has 0 aromatic heterocycles. The molecule has 0 aliphatic heterocycles. The third-order valence-electron chi connectivity index (χ3n) is 3.85. The summed E-state index contributed by atoms with van der Waals surface area (Å²) in [5, 5.41) is 16.0. The lowest BCUT2D eigenvalue weighted by atomic mass is 9.95. The van der Waals surface area contributed by atoms with Crippen molar-refractivity contribution in [3.63, 3.8) is 0 Å². The van der Waals surface area contributed by atoms with Crippen molar-refractivity contribution >= 4 is 32.3 Å². The van der Waals surface area contributed by atoms with Crippen LogP contribution in [-0.4, -0.2) is 5.11 Å². The minimum atomic E-state index is 0.802. The van der Waals surface area contributed by atoms with Gasteiger partial charge in [0.15, 0.2) is 0 Å². The summed E-state index contributed by atoms with van der Waals surface area (Å²) in [6, 6.07) is 21.9. The number of hydrogen-bond acceptors (Lipinski definition) is 1. The standard InChI is InChI=1S/C16H10.C5H8O/c1-3-11-7-9-13-5-2-6-14-10-8-12(4-1)15(11)16(13)14;1-2-3-4-5-6/h1-10H;6H,2-3H2,1H3. The van der Waals surface area contributed by atoms with Gasteiger partial charge in [0.05, 0.1) is 0 Å². The molecule has 0 bridgehead atoms. The monoisotopic (exact) mass is 286 g/mol. The first-order chi connectivity index (χ1) is 10.8. The van der Waals surface area contributed by atoms with Gasteiger partial charge in [-0.25, -0.2) is 0 Å². The predicted octanol–water partition coefficient (Wildman–Crippen LogP) is 5.70. The zero-order chi connectivity index (χ0) is 15.4. The topological polar surface area (TPSA) is 20.2 Å². The SMILES string of the molecule is CCCC#CO.c1cc2ccc3cccc4ccc(c1)c2c34. The van der Waals surface area contributed by atoms with Crippen LogP contribution in [0.3, 0.4) is 0 Å². The molecule has 4 aromatic carbocycles. The summed E-state index contributed by atoms with van der Waals surface area (Å²) in [6.45, 7) is 2.02. The van der Waals surface area contributed by atoms with Gasteiger partial charge in [-0.3, -0.25) is 0 Å². The Balaban J connectivity index is 0.000000209. The van der Waals surface area contributed by atoms with Crippen LogP contribution in [0.5, 0.6) is 0 Å². The molecular weight excluding hydrogens is 268 g/mol. The molecule has 0 aliphatic carbocycles. The second-order valence-corrected chi connectivity index (χ2v) is 5.33. The van der Waals surface area contributed by atoms with E-state index in [4.69, 9.17) is 5.11 Å². The highest BCUT2D eigenvalue weighted by molar-refractivity contribution is 6.22. The summed E-state index contributed by atoms with van der Waals surface area (Å²) in [5.74, 6) is 2.50. The van der Waals surface area contributed by atoms with Crippen LogP contribution in [0.25, 0.3) is 32.3 Å². The second kappa shape index (κ2) is 6.37. The average Bonchev–Trinajstić information content (AvgIpc) is 2.59. The van der Waals surface area contributed by atoms with Crippen molar-refractivity contribution in [3.8, 4) is 12.0 Å². The highest BCUT2D eigenvalue weighted by Crippen LogP contribution is 2.33. The van der Waals surface area contributed by atoms with Crippen LogP contribution in [0.2, 0.25) is 0 Å². The van der Waals surface area contributed by atoms with Crippen LogP contribution in [0.4, 0.5) is 0 Å². The maximum atomic E-state index is 7.84. The minimum Gasteiger partial charge on any atom is -0.462 e. The Hall–Kier alpha value is -2.72. The van der Waals surface area contributed by atoms with E-state index >= 15 is 0 Å². The molecule has 1 nitrogen and oxygen atoms in total. The maximum Gasteiger partial charge on any atom is 0.107 e. The Morgan fingerprint density at radius 2 is 1.14 bits per heavy atom. The number of unbranched alkanes of at least 4 members (excludes halogenated alkanes) is 1. The molecule has 1 N–H and O–H groups in total. The van der Waals surface area contributed by atoms with E-state index in [1.165, 1.54) is 32.3 Å². The molecule has 108 valence electrons. The Labute approximate surface area is 130 Å². The largest absolute Gasteiger partial charge is 0.462 e. The zero-order valence-electron chi connectivity index (χ0n) is 12.6. The summed E-state index contributed by atoms with van der Waals surface area (Å²) in [5.41, 5.74) is 0. The normalized spacial score (nSPS) is 10.2. The average molecular weight is 286 g/mol. The van der Waals surface area contributed by atoms with Crippen molar-refractivity contribution < 1.29 is 5.11 Å². The number of hydrogen-bond donors (Lipinski definition) is 1. The molecule has 0 aliphatic rings. The Kier molecular flexibility index (Phi) is 4.12. The molecule has 4 aromatic rings. The van der Waals surface area contributed by atoms with Gasteiger partial charge in [-0.05, 0) is 38.7 Å². The molecule has 0 heterocycles. The molecule has 0 saturated carbocycles. The summed E-state index contributed by atoms with van der Waals surface area (Å²) in [4.78, 5) is 0. The Bertz CT molecular complexity index is 827. The first-order valence-electron chi connectivity index (χ1n) is 7.59. The molecule has 22 heavy (non-hydrogen) atoms. The van der Waals surface area contributed by atoms with Gasteiger partial charge < -0.3 is 5.11 Å². The molecule has 0 atom stereocenters. The summed E-state index contributed by atoms with van der Waals surface area (Å²) >= 11 is 0. The van der Waals surface area contributed by atoms with Crippen LogP contribution in [0, 0.1) is 12.0 Å². The fourth-order valence-electron chi connectivity index (χ4n) is 2.85. The summed E-state index contributed by atoms with van der Waals surface area (Å²) < 4.78 is 0. The molecule has 0 saturated heterocycles. The van der Waals surface area contributed by atoms with Crippen LogP contribution < -0.4 is 0 Å². The van der Waals surface area contributed by atoms with E-state index in [1.54, 1.807) is 0 Å². The highest BCUT2D eigenvalue weighted by atomic mass is 16.2. The lowest BCUT2D eigenvalue weighted by Gasteiger charge is -2.09. The maximum absolute atomic E-state index is 7.84. The molecule has 0 amide bonds. The van der Waals surface area contributed by atoms with Crippen molar-refractivity contribution in [2.45, 2.75) is 19.8 Å². The van der Waals surface area contributed by atoms with Crippen LogP contribution in [-0.2, 0) is 0 Å². The van der Waals surface area contributed by atoms with Gasteiger partial charge in [-0.1, -0.05) is 73.5 Å². The first kappa shape index (κ1) is 14.2. The van der Waals surface area contributed by atoms with E-state index in [9.17, 15) is 0 Å². The predicted molar refractivity (Wildman–Crippen MR) is 94.8 cm³/mol. The van der Waals surface area contributed by atoms with Crippen LogP contribution in [0.15, 0.2) is 60.7 Å². The molecule has 0 radical (unpaired) electrons. The molecule has 0 unspecified atom stereocenters. The molecule has 1 heteroatoms. The van der Waals surface area contributed by atoms with E-state index in [2.05, 4.69) is 66.6 Å². The second-order valence-electron chi connectivity index (χ2n) is 5.33. The molecule has 0 spiro atoms. The number of rotatable bonds is 1. The van der Waals surface area contributed by atoms with Gasteiger partial charge in [0.2, 0.25) is 0 Å². The van der Waals surface area contributed by atoms with Gasteiger partial charge in [0, 0.05) is 6.42 Å². The van der Waals surface area contributed by atoms with E-state index in [0.717, 1.165) is 12.8 Å². The van der Waals surface area contributed by atoms with Gasteiger partial charge >= 0.3 is 0 Å². The van der Waals surface area contributed by atoms with Crippen molar-refractivity contribution in [1.29, 1.82) is 0 Å². The lowest BCUT2D eigenvalue weighted by Crippen LogP contribution is -1.82. The smallest absolute Gasteiger partial charge is 0.107 e. The number of benzene rings is 4. The molecule has 0 fully saturated rings. The first-order valence-corrected chi connectivity index (χ1v) is 7.59. The number of aliphatic hydroxyl groups excluding tert-OH is 1. The Morgan fingerprint density at radius 3 is 1.41 bits per heavy atom. The fraction of sp³-hybridized carbons (Fsp3) is 0.143. The van der Waals surface area contributed by atoms with E-state index in [1.807, 2.05) is 13.0 Å². The van der Waals surface area contributed by atoms with Crippen molar-refractivity contribution in [1.82, 2.24) is 0 Å². The zero-order valence-corrected chi connectivity index (χ0v) is 12.6. The van der Waals surface area contributed by atoms with Crippen LogP contribution in [0.1, 0.15) is 19.8 Å². The third kappa shape index (κ3) is 2.56. The van der Waals surface area contributed by atoms with Crippen molar-refractivity contribution in [3.05, 3.63) is 60.7 Å². The van der Waals surface area contributed by atoms with Crippen molar-refractivity contribution in [2.24, 2.45) is 0 Å². The van der Waals surface area contributed by atoms with Gasteiger partial charge in [-0.2, -0.15) is 0 Å². The third-order valence-corrected chi connectivity index (χ3v) is 3.85. The van der Waals surface area contributed by atoms with E-state index < -0.39 is 0 Å². The van der Waals surface area contributed by atoms with Gasteiger partial charge in [-0.15, -0.1) is 0 Å². The molecular formula is C21H18O.